The Hall–Kier alpha value is -5.60. The molecule has 3 aliphatic heterocycles. The topological polar surface area (TPSA) is 419 Å². The summed E-state index contributed by atoms with van der Waals surface area (Å²) in [6, 6.07) is 13.1. The van der Waals surface area contributed by atoms with Crippen molar-refractivity contribution in [2.24, 2.45) is 25.6 Å². The standard InChI is InChI=1S/C37H46FN15O13/c38-24-31(59-15-17-7-3-1-4-8-17)22(13-45-50-40)62-37(33(24)60-16-18-9-5-2-6-10-18)64-30-20(47-52-42)11-19(46-51-41)26(55)34(30)66-36-29(58)32(23(14-54)63-36)65-35-25(48-53-43)28(57)27(56)21(61-35)12-44-49-39/h1-10,19-37,54-58H,11-16H2/t19-,20+,21+,22-,23-,24+,25-,26+,27-,28-,29-,30-,31-,32-,33-,34-,35-,36+,37-/m1/s1. The Morgan fingerprint density at radius 1 is 0.545 bits per heavy atom. The molecule has 19 atom stereocenters. The van der Waals surface area contributed by atoms with Gasteiger partial charge in [-0.2, -0.15) is 0 Å². The molecule has 2 aromatic rings. The molecule has 29 heteroatoms. The number of rotatable bonds is 20. The Morgan fingerprint density at radius 3 is 1.67 bits per heavy atom. The lowest BCUT2D eigenvalue weighted by Gasteiger charge is -2.47. The van der Waals surface area contributed by atoms with Crippen LogP contribution in [-0.4, -0.2) is 162 Å². The zero-order valence-corrected chi connectivity index (χ0v) is 34.6. The normalized spacial score (nSPS) is 37.5. The van der Waals surface area contributed by atoms with E-state index >= 15 is 4.39 Å². The van der Waals surface area contributed by atoms with Crippen LogP contribution in [0.4, 0.5) is 4.39 Å². The van der Waals surface area contributed by atoms with Crippen LogP contribution in [0.5, 0.6) is 0 Å². The fourth-order valence-corrected chi connectivity index (χ4v) is 8.06. The molecule has 0 unspecified atom stereocenters. The molecule has 4 aliphatic rings. The van der Waals surface area contributed by atoms with Crippen LogP contribution in [0.25, 0.3) is 52.2 Å². The molecular formula is C37H46FN15O13. The Kier molecular flexibility index (Phi) is 18.3. The van der Waals surface area contributed by atoms with Gasteiger partial charge in [0.05, 0.1) is 75.5 Å². The minimum absolute atomic E-state index is 0.0787. The molecule has 0 bridgehead atoms. The van der Waals surface area contributed by atoms with Crippen molar-refractivity contribution in [1.29, 1.82) is 0 Å². The number of nitrogens with zero attached hydrogens (tertiary/aromatic N) is 15. The van der Waals surface area contributed by atoms with Crippen molar-refractivity contribution in [3.8, 4) is 0 Å². The van der Waals surface area contributed by atoms with Crippen molar-refractivity contribution in [3.05, 3.63) is 124 Å². The molecular weight excluding hydrogens is 881 g/mol. The summed E-state index contributed by atoms with van der Waals surface area (Å²) in [4.78, 5) is 13.7. The number of azide groups is 5. The molecule has 28 nitrogen and oxygen atoms in total. The fraction of sp³-hybridized carbons (Fsp3) is 0.676. The van der Waals surface area contributed by atoms with Crippen molar-refractivity contribution < 1.29 is 67.8 Å². The van der Waals surface area contributed by atoms with Crippen molar-refractivity contribution in [2.75, 3.05) is 19.7 Å². The molecule has 2 aromatic carbocycles. The molecule has 1 saturated carbocycles. The van der Waals surface area contributed by atoms with E-state index in [2.05, 4.69) is 50.1 Å². The molecule has 6 rings (SSSR count). The van der Waals surface area contributed by atoms with Gasteiger partial charge in [0.1, 0.15) is 48.8 Å². The highest BCUT2D eigenvalue weighted by Gasteiger charge is 2.56. The first-order valence-electron chi connectivity index (χ1n) is 20.4. The van der Waals surface area contributed by atoms with Gasteiger partial charge in [-0.15, -0.1) is 0 Å². The maximum absolute atomic E-state index is 17.1. The second-order valence-corrected chi connectivity index (χ2v) is 15.3. The van der Waals surface area contributed by atoms with Crippen LogP contribution >= 0.6 is 0 Å². The zero-order valence-electron chi connectivity index (χ0n) is 34.6. The summed E-state index contributed by atoms with van der Waals surface area (Å²) in [6.07, 6.45) is -27.4. The summed E-state index contributed by atoms with van der Waals surface area (Å²) in [5.74, 6) is 0. The lowest BCUT2D eigenvalue weighted by Crippen LogP contribution is -2.63. The predicted molar refractivity (Wildman–Crippen MR) is 218 cm³/mol. The Bertz CT molecular complexity index is 2130. The molecule has 3 heterocycles. The van der Waals surface area contributed by atoms with Crippen LogP contribution in [0.15, 0.2) is 86.2 Å². The van der Waals surface area contributed by atoms with Gasteiger partial charge in [-0.3, -0.25) is 0 Å². The largest absolute Gasteiger partial charge is 0.394 e. The molecule has 0 spiro atoms. The molecule has 4 fully saturated rings. The monoisotopic (exact) mass is 927 g/mol. The first-order valence-corrected chi connectivity index (χ1v) is 20.4. The molecule has 0 amide bonds. The summed E-state index contributed by atoms with van der Waals surface area (Å²) in [6.45, 7) is -2.07. The molecule has 0 aromatic heterocycles. The highest BCUT2D eigenvalue weighted by molar-refractivity contribution is 5.15. The van der Waals surface area contributed by atoms with Crippen LogP contribution in [-0.2, 0) is 51.1 Å². The van der Waals surface area contributed by atoms with E-state index in [1.54, 1.807) is 60.7 Å². The quantitative estimate of drug-likeness (QED) is 0.0724. The van der Waals surface area contributed by atoms with E-state index < -0.39 is 136 Å². The lowest BCUT2D eigenvalue weighted by atomic mass is 9.84. The van der Waals surface area contributed by atoms with Crippen LogP contribution in [0.1, 0.15) is 17.5 Å². The van der Waals surface area contributed by atoms with Gasteiger partial charge in [0.25, 0.3) is 0 Å². The Morgan fingerprint density at radius 2 is 1.08 bits per heavy atom. The fourth-order valence-electron chi connectivity index (χ4n) is 8.06. The average molecular weight is 928 g/mol. The van der Waals surface area contributed by atoms with Crippen LogP contribution in [0.3, 0.4) is 0 Å². The number of hydrogen-bond acceptors (Lipinski definition) is 18. The predicted octanol–water partition coefficient (Wildman–Crippen LogP) is 3.32. The summed E-state index contributed by atoms with van der Waals surface area (Å²) in [5, 5.41) is 73.0. The molecule has 66 heavy (non-hydrogen) atoms. The Balaban J connectivity index is 1.31. The molecule has 5 N–H and O–H groups in total. The van der Waals surface area contributed by atoms with E-state index in [0.29, 0.717) is 11.1 Å². The van der Waals surface area contributed by atoms with E-state index in [0.717, 1.165) is 0 Å². The summed E-state index contributed by atoms with van der Waals surface area (Å²) >= 11 is 0. The number of aliphatic hydroxyl groups excluding tert-OH is 5. The van der Waals surface area contributed by atoms with Gasteiger partial charge in [-0.25, -0.2) is 4.39 Å². The number of aliphatic hydroxyl groups is 5. The van der Waals surface area contributed by atoms with Gasteiger partial charge < -0.3 is 63.4 Å². The van der Waals surface area contributed by atoms with Gasteiger partial charge in [-0.1, -0.05) is 86.2 Å². The van der Waals surface area contributed by atoms with Crippen LogP contribution in [0.2, 0.25) is 0 Å². The number of benzene rings is 2. The minimum atomic E-state index is -2.05. The average Bonchev–Trinajstić information content (AvgIpc) is 3.62. The SMILES string of the molecule is [N-]=[N+]=NC[C@@H]1O[C@H](O[C@H]2[C@@H](O)[C@H](O[C@@H]3[C@@H](O)[C@H](N=[N+]=[N-])C[C@H](N=[N+]=[N-])[C@H]3O[C@H]3O[C@H](CN=[N+]=[N-])[C@@H](OCc4ccccc4)[C@H](F)[C@H]3OCc3ccccc3)O[C@@H]2CO)[C@H](N=[N+]=[N-])[C@@H](O)[C@@H]1O. The summed E-state index contributed by atoms with van der Waals surface area (Å²) in [7, 11) is 0. The van der Waals surface area contributed by atoms with E-state index in [-0.39, 0.29) is 19.6 Å². The maximum atomic E-state index is 17.1. The van der Waals surface area contributed by atoms with Gasteiger partial charge in [0.15, 0.2) is 25.0 Å². The van der Waals surface area contributed by atoms with Gasteiger partial charge in [0, 0.05) is 24.6 Å². The maximum Gasteiger partial charge on any atom is 0.187 e. The van der Waals surface area contributed by atoms with Crippen molar-refractivity contribution in [3.63, 3.8) is 0 Å². The van der Waals surface area contributed by atoms with E-state index in [1.165, 1.54) is 0 Å². The Labute approximate surface area is 372 Å². The van der Waals surface area contributed by atoms with Crippen LogP contribution < -0.4 is 0 Å². The van der Waals surface area contributed by atoms with Crippen molar-refractivity contribution in [2.45, 2.75) is 136 Å². The van der Waals surface area contributed by atoms with Gasteiger partial charge in [-0.05, 0) is 45.2 Å². The zero-order chi connectivity index (χ0) is 47.2. The van der Waals surface area contributed by atoms with Gasteiger partial charge >= 0.3 is 0 Å². The number of hydrogen-bond donors (Lipinski definition) is 5. The highest BCUT2D eigenvalue weighted by Crippen LogP contribution is 2.39. The first kappa shape index (κ1) is 49.8. The van der Waals surface area contributed by atoms with E-state index in [9.17, 15) is 47.7 Å². The van der Waals surface area contributed by atoms with Gasteiger partial charge in [0.2, 0.25) is 0 Å². The molecule has 3 saturated heterocycles. The third kappa shape index (κ3) is 11.9. The molecule has 354 valence electrons. The first-order chi connectivity index (χ1) is 32.1. The number of ether oxygens (including phenoxy) is 8. The van der Waals surface area contributed by atoms with Crippen molar-refractivity contribution in [1.82, 2.24) is 0 Å². The third-order valence-electron chi connectivity index (χ3n) is 11.3. The van der Waals surface area contributed by atoms with Crippen molar-refractivity contribution >= 4 is 0 Å². The number of alkyl halides is 1. The smallest absolute Gasteiger partial charge is 0.187 e. The summed E-state index contributed by atoms with van der Waals surface area (Å²) < 4.78 is 65.6. The molecule has 1 aliphatic carbocycles. The lowest BCUT2D eigenvalue weighted by molar-refractivity contribution is -0.334. The second-order valence-electron chi connectivity index (χ2n) is 15.3. The third-order valence-corrected chi connectivity index (χ3v) is 11.3. The summed E-state index contributed by atoms with van der Waals surface area (Å²) in [5.41, 5.74) is 47.7. The minimum Gasteiger partial charge on any atom is -0.394 e. The molecule has 0 radical (unpaired) electrons. The van der Waals surface area contributed by atoms with E-state index in [1.807, 2.05) is 0 Å². The van der Waals surface area contributed by atoms with E-state index in [4.69, 9.17) is 43.4 Å². The highest BCUT2D eigenvalue weighted by atomic mass is 19.1. The van der Waals surface area contributed by atoms with Crippen LogP contribution in [0, 0.1) is 0 Å². The number of halogens is 1. The second kappa shape index (κ2) is 24.3.